The van der Waals surface area contributed by atoms with Gasteiger partial charge in [0.05, 0.1) is 13.2 Å². The van der Waals surface area contributed by atoms with Gasteiger partial charge in [-0.25, -0.2) is 9.59 Å². The highest BCUT2D eigenvalue weighted by Crippen LogP contribution is 2.11. The van der Waals surface area contributed by atoms with Gasteiger partial charge in [0, 0.05) is 13.0 Å². The lowest BCUT2D eigenvalue weighted by Gasteiger charge is -2.22. The number of amides is 2. The third kappa shape index (κ3) is 14.6. The average molecular weight is 460 g/mol. The second-order valence-corrected chi connectivity index (χ2v) is 9.48. The Kier molecular flexibility index (Phi) is 12.9. The van der Waals surface area contributed by atoms with Gasteiger partial charge in [-0.1, -0.05) is 0 Å². The number of esters is 2. The minimum Gasteiger partial charge on any atom is -0.467 e. The molecule has 0 aliphatic carbocycles. The van der Waals surface area contributed by atoms with Crippen molar-refractivity contribution in [1.29, 1.82) is 0 Å². The number of alkyl carbamates (subject to hydrolysis) is 1. The largest absolute Gasteiger partial charge is 0.467 e. The van der Waals surface area contributed by atoms with Crippen LogP contribution in [0.25, 0.3) is 0 Å². The molecule has 0 rings (SSSR count). The van der Waals surface area contributed by atoms with E-state index in [0.29, 0.717) is 25.8 Å². The standard InChI is InChI=1S/C22H41N3O7/c1-21(2,3)31-17(26)13-12-15(23-7)18(27)25-16(19(28)30-8)11-9-10-14-24-20(29)32-22(4,5)6/h15-16,23H,9-14H2,1-8H3,(H,24,29)(H,25,27)/t15-,16-/m0/s1. The zero-order valence-electron chi connectivity index (χ0n) is 20.8. The number of nitrogens with one attached hydrogen (secondary N) is 3. The van der Waals surface area contributed by atoms with Crippen molar-refractivity contribution in [3.05, 3.63) is 0 Å². The van der Waals surface area contributed by atoms with Crippen molar-refractivity contribution in [1.82, 2.24) is 16.0 Å². The summed E-state index contributed by atoms with van der Waals surface area (Å²) in [5.41, 5.74) is -1.17. The normalized spacial score (nSPS) is 13.5. The van der Waals surface area contributed by atoms with E-state index in [1.54, 1.807) is 48.6 Å². The fourth-order valence-corrected chi connectivity index (χ4v) is 2.70. The van der Waals surface area contributed by atoms with Crippen LogP contribution < -0.4 is 16.0 Å². The first-order valence-corrected chi connectivity index (χ1v) is 10.9. The van der Waals surface area contributed by atoms with Crippen molar-refractivity contribution in [2.45, 2.75) is 96.9 Å². The summed E-state index contributed by atoms with van der Waals surface area (Å²) in [6, 6.07) is -1.49. The van der Waals surface area contributed by atoms with Gasteiger partial charge >= 0.3 is 18.0 Å². The van der Waals surface area contributed by atoms with Crippen molar-refractivity contribution >= 4 is 23.9 Å². The highest BCUT2D eigenvalue weighted by Gasteiger charge is 2.26. The van der Waals surface area contributed by atoms with Crippen LogP contribution in [0.1, 0.15) is 73.6 Å². The third-order valence-electron chi connectivity index (χ3n) is 4.11. The van der Waals surface area contributed by atoms with Gasteiger partial charge in [-0.05, 0) is 74.3 Å². The van der Waals surface area contributed by atoms with Gasteiger partial charge in [0.15, 0.2) is 0 Å². The van der Waals surface area contributed by atoms with Crippen molar-refractivity contribution < 1.29 is 33.4 Å². The van der Waals surface area contributed by atoms with Crippen LogP contribution in [0.4, 0.5) is 4.79 Å². The van der Waals surface area contributed by atoms with Crippen LogP contribution in [0.2, 0.25) is 0 Å². The van der Waals surface area contributed by atoms with Crippen LogP contribution in [0, 0.1) is 0 Å². The van der Waals surface area contributed by atoms with Crippen LogP contribution in [0.5, 0.6) is 0 Å². The predicted octanol–water partition coefficient (Wildman–Crippen LogP) is 2.05. The Morgan fingerprint density at radius 2 is 1.44 bits per heavy atom. The van der Waals surface area contributed by atoms with Gasteiger partial charge in [0.25, 0.3) is 0 Å². The first-order chi connectivity index (χ1) is 14.7. The lowest BCUT2D eigenvalue weighted by molar-refractivity contribution is -0.155. The number of ether oxygens (including phenoxy) is 3. The Balaban J connectivity index is 4.58. The average Bonchev–Trinajstić information content (AvgIpc) is 2.63. The minimum absolute atomic E-state index is 0.0649. The van der Waals surface area contributed by atoms with E-state index in [-0.39, 0.29) is 12.8 Å². The molecule has 10 nitrogen and oxygen atoms in total. The summed E-state index contributed by atoms with van der Waals surface area (Å²) < 4.78 is 15.2. The van der Waals surface area contributed by atoms with Gasteiger partial charge < -0.3 is 30.2 Å². The maximum absolute atomic E-state index is 12.6. The van der Waals surface area contributed by atoms with E-state index in [9.17, 15) is 19.2 Å². The molecule has 0 aromatic rings. The Morgan fingerprint density at radius 3 is 1.94 bits per heavy atom. The molecule has 0 radical (unpaired) electrons. The van der Waals surface area contributed by atoms with Crippen molar-refractivity contribution in [2.24, 2.45) is 0 Å². The minimum atomic E-state index is -0.827. The maximum Gasteiger partial charge on any atom is 0.407 e. The summed E-state index contributed by atoms with van der Waals surface area (Å²) in [4.78, 5) is 48.3. The number of hydrogen-bond acceptors (Lipinski definition) is 8. The van der Waals surface area contributed by atoms with Gasteiger partial charge in [0.2, 0.25) is 5.91 Å². The molecule has 0 saturated carbocycles. The summed E-state index contributed by atoms with van der Waals surface area (Å²) in [6.07, 6.45) is 1.29. The van der Waals surface area contributed by atoms with E-state index >= 15 is 0 Å². The molecule has 2 amide bonds. The number of methoxy groups -OCH3 is 1. The Bertz CT molecular complexity index is 624. The summed E-state index contributed by atoms with van der Waals surface area (Å²) in [5.74, 6) is -1.36. The van der Waals surface area contributed by atoms with Crippen LogP contribution in [-0.2, 0) is 28.6 Å². The maximum atomic E-state index is 12.6. The summed E-state index contributed by atoms with van der Waals surface area (Å²) >= 11 is 0. The van der Waals surface area contributed by atoms with Crippen LogP contribution in [0.15, 0.2) is 0 Å². The third-order valence-corrected chi connectivity index (χ3v) is 4.11. The molecule has 0 aromatic carbocycles. The molecule has 0 heterocycles. The molecule has 0 aliphatic rings. The van der Waals surface area contributed by atoms with Crippen LogP contribution in [0.3, 0.4) is 0 Å². The van der Waals surface area contributed by atoms with Crippen molar-refractivity contribution in [3.63, 3.8) is 0 Å². The highest BCUT2D eigenvalue weighted by atomic mass is 16.6. The zero-order chi connectivity index (χ0) is 24.9. The van der Waals surface area contributed by atoms with E-state index in [0.717, 1.165) is 0 Å². The number of rotatable bonds is 12. The van der Waals surface area contributed by atoms with Crippen molar-refractivity contribution in [2.75, 3.05) is 20.7 Å². The monoisotopic (exact) mass is 459 g/mol. The second-order valence-electron chi connectivity index (χ2n) is 9.48. The molecule has 0 saturated heterocycles. The predicted molar refractivity (Wildman–Crippen MR) is 120 cm³/mol. The van der Waals surface area contributed by atoms with Gasteiger partial charge in [-0.15, -0.1) is 0 Å². The van der Waals surface area contributed by atoms with Crippen LogP contribution in [-0.4, -0.2) is 67.9 Å². The molecule has 2 atom stereocenters. The second kappa shape index (κ2) is 13.9. The number of carbonyl (C=O) groups is 4. The molecule has 32 heavy (non-hydrogen) atoms. The number of hydrogen-bond donors (Lipinski definition) is 3. The molecule has 0 bridgehead atoms. The van der Waals surface area contributed by atoms with Gasteiger partial charge in [-0.3, -0.25) is 9.59 Å². The molecule has 3 N–H and O–H groups in total. The molecule has 10 heteroatoms. The zero-order valence-corrected chi connectivity index (χ0v) is 20.8. The first-order valence-electron chi connectivity index (χ1n) is 10.9. The van der Waals surface area contributed by atoms with E-state index in [1.165, 1.54) is 7.11 Å². The summed E-state index contributed by atoms with van der Waals surface area (Å²) in [7, 11) is 2.86. The van der Waals surface area contributed by atoms with Gasteiger partial charge in [0.1, 0.15) is 17.2 Å². The summed E-state index contributed by atoms with van der Waals surface area (Å²) in [6.45, 7) is 11.0. The van der Waals surface area contributed by atoms with E-state index in [2.05, 4.69) is 16.0 Å². The fourth-order valence-electron chi connectivity index (χ4n) is 2.70. The summed E-state index contributed by atoms with van der Waals surface area (Å²) in [5, 5.41) is 8.19. The van der Waals surface area contributed by atoms with E-state index in [4.69, 9.17) is 14.2 Å². The molecule has 0 fully saturated rings. The van der Waals surface area contributed by atoms with E-state index in [1.807, 2.05) is 0 Å². The highest BCUT2D eigenvalue weighted by molar-refractivity contribution is 5.87. The quantitative estimate of drug-likeness (QED) is 0.229. The molecular formula is C22H41N3O7. The Morgan fingerprint density at radius 1 is 0.844 bits per heavy atom. The lowest BCUT2D eigenvalue weighted by atomic mass is 10.1. The molecule has 0 spiro atoms. The Hall–Kier alpha value is -2.36. The van der Waals surface area contributed by atoms with Crippen LogP contribution >= 0.6 is 0 Å². The molecule has 0 aliphatic heterocycles. The lowest BCUT2D eigenvalue weighted by Crippen LogP contribution is -2.50. The number of likely N-dealkylation sites (N-methyl/N-ethyl adjacent to an activating group) is 1. The van der Waals surface area contributed by atoms with E-state index < -0.39 is 47.2 Å². The van der Waals surface area contributed by atoms with Crippen molar-refractivity contribution in [3.8, 4) is 0 Å². The smallest absolute Gasteiger partial charge is 0.407 e. The first kappa shape index (κ1) is 29.6. The topological polar surface area (TPSA) is 132 Å². The molecular weight excluding hydrogens is 418 g/mol. The Labute approximate surface area is 191 Å². The molecule has 0 unspecified atom stereocenters. The number of carbonyl (C=O) groups excluding carboxylic acids is 4. The SMILES string of the molecule is CN[C@@H](CCC(=O)OC(C)(C)C)C(=O)N[C@@H](CCCCNC(=O)OC(C)(C)C)C(=O)OC. The number of unbranched alkanes of at least 4 members (excludes halogenated alkanes) is 1. The van der Waals surface area contributed by atoms with Gasteiger partial charge in [-0.2, -0.15) is 0 Å². The molecule has 0 aromatic heterocycles. The molecule has 186 valence electrons. The fraction of sp³-hybridized carbons (Fsp3) is 0.818.